The predicted molar refractivity (Wildman–Crippen MR) is 57.5 cm³/mol. The summed E-state index contributed by atoms with van der Waals surface area (Å²) in [4.78, 5) is 0. The molecule has 1 rings (SSSR count). The Kier molecular flexibility index (Phi) is 3.13. The molecule has 0 fully saturated rings. The Bertz CT molecular complexity index is 413. The fourth-order valence-corrected chi connectivity index (χ4v) is 1.65. The van der Waals surface area contributed by atoms with Crippen LogP contribution in [0.5, 0.6) is 0 Å². The van der Waals surface area contributed by atoms with Crippen LogP contribution in [0.2, 0.25) is 0 Å². The van der Waals surface area contributed by atoms with E-state index in [9.17, 15) is 8.42 Å². The van der Waals surface area contributed by atoms with Crippen molar-refractivity contribution in [1.82, 2.24) is 0 Å². The van der Waals surface area contributed by atoms with Crippen LogP contribution in [-0.2, 0) is 10.0 Å². The van der Waals surface area contributed by atoms with Crippen molar-refractivity contribution < 1.29 is 8.42 Å². The number of nitrogens with one attached hydrogen (secondary N) is 1. The smallest absolute Gasteiger partial charge is 0.229 e. The normalized spacial score (nSPS) is 13.6. The van der Waals surface area contributed by atoms with Crippen LogP contribution >= 0.6 is 0 Å². The second-order valence-corrected chi connectivity index (χ2v) is 5.04. The van der Waals surface area contributed by atoms with Gasteiger partial charge in [0.2, 0.25) is 10.0 Å². The van der Waals surface area contributed by atoms with Gasteiger partial charge in [-0.25, -0.2) is 8.42 Å². The first-order valence-corrected chi connectivity index (χ1v) is 6.11. The van der Waals surface area contributed by atoms with Gasteiger partial charge in [-0.05, 0) is 24.6 Å². The Morgan fingerprint density at radius 3 is 2.57 bits per heavy atom. The van der Waals surface area contributed by atoms with Gasteiger partial charge < -0.3 is 5.73 Å². The summed E-state index contributed by atoms with van der Waals surface area (Å²) in [7, 11) is -3.21. The van der Waals surface area contributed by atoms with E-state index < -0.39 is 10.0 Å². The van der Waals surface area contributed by atoms with E-state index in [4.69, 9.17) is 5.73 Å². The molecule has 0 bridgehead atoms. The summed E-state index contributed by atoms with van der Waals surface area (Å²) >= 11 is 0. The van der Waals surface area contributed by atoms with Crippen LogP contribution in [-0.4, -0.2) is 14.7 Å². The predicted octanol–water partition coefficient (Wildman–Crippen LogP) is 1.08. The molecule has 4 nitrogen and oxygen atoms in total. The molecule has 0 saturated carbocycles. The minimum atomic E-state index is -3.21. The van der Waals surface area contributed by atoms with Crippen LogP contribution in [0.25, 0.3) is 0 Å². The first-order valence-electron chi connectivity index (χ1n) is 4.22. The minimum Gasteiger partial charge on any atom is -0.324 e. The summed E-state index contributed by atoms with van der Waals surface area (Å²) in [6.45, 7) is 1.85. The fraction of sp³-hybridized carbons (Fsp3) is 0.333. The van der Waals surface area contributed by atoms with Crippen molar-refractivity contribution in [3.8, 4) is 0 Å². The van der Waals surface area contributed by atoms with Crippen molar-refractivity contribution >= 4 is 15.7 Å². The van der Waals surface area contributed by atoms with Gasteiger partial charge in [-0.2, -0.15) is 0 Å². The number of anilines is 1. The van der Waals surface area contributed by atoms with Crippen molar-refractivity contribution in [3.63, 3.8) is 0 Å². The van der Waals surface area contributed by atoms with Gasteiger partial charge in [-0.15, -0.1) is 0 Å². The molecule has 1 atom stereocenters. The fourth-order valence-electron chi connectivity index (χ4n) is 1.10. The maximum Gasteiger partial charge on any atom is 0.229 e. The quantitative estimate of drug-likeness (QED) is 0.790. The molecule has 14 heavy (non-hydrogen) atoms. The van der Waals surface area contributed by atoms with E-state index >= 15 is 0 Å². The van der Waals surface area contributed by atoms with Crippen molar-refractivity contribution in [3.05, 3.63) is 29.8 Å². The van der Waals surface area contributed by atoms with Crippen molar-refractivity contribution in [2.45, 2.75) is 13.0 Å². The Balaban J connectivity index is 2.95. The van der Waals surface area contributed by atoms with Gasteiger partial charge >= 0.3 is 0 Å². The molecule has 1 aromatic carbocycles. The van der Waals surface area contributed by atoms with Gasteiger partial charge in [-0.1, -0.05) is 12.1 Å². The van der Waals surface area contributed by atoms with E-state index in [1.807, 2.05) is 13.0 Å². The van der Waals surface area contributed by atoms with Crippen molar-refractivity contribution in [2.75, 3.05) is 11.0 Å². The summed E-state index contributed by atoms with van der Waals surface area (Å²) in [6.07, 6.45) is 1.12. The minimum absolute atomic E-state index is 0.101. The molecule has 0 radical (unpaired) electrons. The zero-order valence-corrected chi connectivity index (χ0v) is 9.01. The number of hydrogen-bond acceptors (Lipinski definition) is 3. The molecule has 1 aromatic rings. The van der Waals surface area contributed by atoms with Gasteiger partial charge in [0.05, 0.1) is 6.26 Å². The van der Waals surface area contributed by atoms with E-state index in [0.717, 1.165) is 11.8 Å². The first-order chi connectivity index (χ1) is 6.38. The van der Waals surface area contributed by atoms with Crippen LogP contribution in [0.4, 0.5) is 5.69 Å². The second kappa shape index (κ2) is 3.98. The highest BCUT2D eigenvalue weighted by molar-refractivity contribution is 7.92. The summed E-state index contributed by atoms with van der Waals surface area (Å²) in [5.74, 6) is 0. The molecular formula is C9H14N2O2S. The Morgan fingerprint density at radius 2 is 2.07 bits per heavy atom. The van der Waals surface area contributed by atoms with E-state index in [0.29, 0.717) is 5.69 Å². The molecule has 5 heteroatoms. The zero-order chi connectivity index (χ0) is 10.8. The number of hydrogen-bond donors (Lipinski definition) is 2. The van der Waals surface area contributed by atoms with Crippen molar-refractivity contribution in [1.29, 1.82) is 0 Å². The van der Waals surface area contributed by atoms with E-state index in [1.165, 1.54) is 0 Å². The molecule has 0 aliphatic carbocycles. The second-order valence-electron chi connectivity index (χ2n) is 3.29. The maximum absolute atomic E-state index is 10.9. The van der Waals surface area contributed by atoms with Crippen LogP contribution < -0.4 is 10.5 Å². The molecule has 1 unspecified atom stereocenters. The average molecular weight is 214 g/mol. The molecule has 0 saturated heterocycles. The third kappa shape index (κ3) is 3.35. The van der Waals surface area contributed by atoms with E-state index in [-0.39, 0.29) is 6.04 Å². The van der Waals surface area contributed by atoms with Gasteiger partial charge in [0.15, 0.2) is 0 Å². The monoisotopic (exact) mass is 214 g/mol. The van der Waals surface area contributed by atoms with Gasteiger partial charge in [0.25, 0.3) is 0 Å². The van der Waals surface area contributed by atoms with Crippen LogP contribution in [0.1, 0.15) is 18.5 Å². The van der Waals surface area contributed by atoms with Gasteiger partial charge in [0.1, 0.15) is 0 Å². The molecule has 78 valence electrons. The van der Waals surface area contributed by atoms with E-state index in [2.05, 4.69) is 4.72 Å². The molecule has 0 spiro atoms. The molecule has 0 aliphatic heterocycles. The Labute approximate surface area is 84.2 Å². The maximum atomic E-state index is 10.9. The highest BCUT2D eigenvalue weighted by Gasteiger charge is 2.04. The van der Waals surface area contributed by atoms with Crippen LogP contribution in [0.15, 0.2) is 24.3 Å². The summed E-state index contributed by atoms with van der Waals surface area (Å²) in [6, 6.07) is 6.94. The molecule has 0 aliphatic rings. The van der Waals surface area contributed by atoms with Crippen LogP contribution in [0, 0.1) is 0 Å². The highest BCUT2D eigenvalue weighted by atomic mass is 32.2. The molecule has 0 heterocycles. The van der Waals surface area contributed by atoms with E-state index in [1.54, 1.807) is 18.2 Å². The SMILES string of the molecule is CC(N)c1cccc(NS(C)(=O)=O)c1. The van der Waals surface area contributed by atoms with Gasteiger partial charge in [-0.3, -0.25) is 4.72 Å². The third-order valence-corrected chi connectivity index (χ3v) is 2.32. The van der Waals surface area contributed by atoms with Crippen LogP contribution in [0.3, 0.4) is 0 Å². The lowest BCUT2D eigenvalue weighted by molar-refractivity contribution is 0.607. The van der Waals surface area contributed by atoms with Gasteiger partial charge in [0, 0.05) is 11.7 Å². The van der Waals surface area contributed by atoms with Crippen molar-refractivity contribution in [2.24, 2.45) is 5.73 Å². The number of nitrogens with two attached hydrogens (primary N) is 1. The lowest BCUT2D eigenvalue weighted by atomic mass is 10.1. The average Bonchev–Trinajstić information content (AvgIpc) is 2.01. The highest BCUT2D eigenvalue weighted by Crippen LogP contribution is 2.16. The third-order valence-electron chi connectivity index (χ3n) is 1.72. The molecular weight excluding hydrogens is 200 g/mol. The molecule has 3 N–H and O–H groups in total. The first kappa shape index (κ1) is 11.0. The summed E-state index contributed by atoms with van der Waals surface area (Å²) in [5, 5.41) is 0. The zero-order valence-electron chi connectivity index (χ0n) is 8.19. The number of benzene rings is 1. The molecule has 0 amide bonds. The largest absolute Gasteiger partial charge is 0.324 e. The molecule has 0 aromatic heterocycles. The summed E-state index contributed by atoms with van der Waals surface area (Å²) < 4.78 is 24.3. The lowest BCUT2D eigenvalue weighted by Crippen LogP contribution is -2.11. The Morgan fingerprint density at radius 1 is 1.43 bits per heavy atom. The number of rotatable bonds is 3. The number of sulfonamides is 1. The standard InChI is InChI=1S/C9H14N2O2S/c1-7(10)8-4-3-5-9(6-8)11-14(2,12)13/h3-7,11H,10H2,1-2H3. The lowest BCUT2D eigenvalue weighted by Gasteiger charge is -2.08. The Hall–Kier alpha value is -1.07. The summed E-state index contributed by atoms with van der Waals surface area (Å²) in [5.41, 5.74) is 7.11. The topological polar surface area (TPSA) is 72.2 Å².